The minimum Gasteiger partial charge on any atom is -0.494 e. The van der Waals surface area contributed by atoms with Crippen LogP contribution < -0.4 is 0 Å². The Morgan fingerprint density at radius 2 is 1.73 bits per heavy atom. The lowest BCUT2D eigenvalue weighted by atomic mass is 10.1. The molecule has 0 radical (unpaired) electrons. The lowest BCUT2D eigenvalue weighted by Crippen LogP contribution is -1.91. The molecule has 0 aliphatic carbocycles. The predicted molar refractivity (Wildman–Crippen MR) is 59.3 cm³/mol. The summed E-state index contributed by atoms with van der Waals surface area (Å²) in [5.74, 6) is 0.299. The maximum Gasteiger partial charge on any atom is 0.172 e. The van der Waals surface area contributed by atoms with Crippen LogP contribution in [0.25, 0.3) is 5.76 Å². The van der Waals surface area contributed by atoms with Gasteiger partial charge in [0, 0.05) is 10.0 Å². The second-order valence-electron chi connectivity index (χ2n) is 2.64. The van der Waals surface area contributed by atoms with Crippen LogP contribution in [0.3, 0.4) is 0 Å². The van der Waals surface area contributed by atoms with Gasteiger partial charge in [0.05, 0.1) is 7.11 Å². The Labute approximate surface area is 96.3 Å². The largest absolute Gasteiger partial charge is 0.494 e. The zero-order valence-corrected chi connectivity index (χ0v) is 9.58. The summed E-state index contributed by atoms with van der Waals surface area (Å²) >= 11 is 3.30. The molecule has 0 N–H and O–H groups in total. The maximum absolute atomic E-state index is 8.72. The molecular weight excluding hydrogens is 256 g/mol. The topological polar surface area (TPSA) is 56.8 Å². The third-order valence-corrected chi connectivity index (χ3v) is 2.29. The van der Waals surface area contributed by atoms with Gasteiger partial charge in [-0.3, -0.25) is 0 Å². The number of hydrogen-bond acceptors (Lipinski definition) is 3. The molecule has 0 atom stereocenters. The number of ether oxygens (including phenoxy) is 1. The van der Waals surface area contributed by atoms with Crippen molar-refractivity contribution in [2.75, 3.05) is 7.11 Å². The van der Waals surface area contributed by atoms with E-state index in [1.165, 1.54) is 7.11 Å². The Bertz CT molecular complexity index is 447. The highest BCUT2D eigenvalue weighted by Gasteiger charge is 2.08. The molecule has 1 aromatic rings. The average Bonchev–Trinajstić information content (AvgIpc) is 2.27. The van der Waals surface area contributed by atoms with E-state index in [0.29, 0.717) is 11.3 Å². The number of methoxy groups -OCH3 is 1. The molecule has 0 saturated carbocycles. The number of benzene rings is 1. The third-order valence-electron chi connectivity index (χ3n) is 1.76. The van der Waals surface area contributed by atoms with E-state index in [2.05, 4.69) is 15.9 Å². The highest BCUT2D eigenvalue weighted by Crippen LogP contribution is 2.21. The number of nitriles is 2. The number of nitrogens with zero attached hydrogens (tertiary/aromatic N) is 2. The van der Waals surface area contributed by atoms with Gasteiger partial charge in [-0.1, -0.05) is 28.1 Å². The van der Waals surface area contributed by atoms with Gasteiger partial charge < -0.3 is 4.74 Å². The molecule has 0 aromatic heterocycles. The fourth-order valence-electron chi connectivity index (χ4n) is 1.09. The van der Waals surface area contributed by atoms with Crippen molar-refractivity contribution >= 4 is 21.7 Å². The highest BCUT2D eigenvalue weighted by molar-refractivity contribution is 9.10. The van der Waals surface area contributed by atoms with Crippen LogP contribution in [0.5, 0.6) is 0 Å². The number of halogens is 1. The van der Waals surface area contributed by atoms with E-state index in [1.54, 1.807) is 24.3 Å². The lowest BCUT2D eigenvalue weighted by molar-refractivity contribution is 0.369. The fourth-order valence-corrected chi connectivity index (χ4v) is 1.36. The summed E-state index contributed by atoms with van der Waals surface area (Å²) in [5.41, 5.74) is 0.679. The van der Waals surface area contributed by atoms with Crippen molar-refractivity contribution < 1.29 is 4.74 Å². The van der Waals surface area contributed by atoms with Crippen LogP contribution in [0.15, 0.2) is 34.3 Å². The van der Waals surface area contributed by atoms with Crippen molar-refractivity contribution in [2.45, 2.75) is 0 Å². The Kier molecular flexibility index (Phi) is 3.91. The van der Waals surface area contributed by atoms with Crippen LogP contribution in [-0.4, -0.2) is 7.11 Å². The molecule has 1 aromatic carbocycles. The summed E-state index contributed by atoms with van der Waals surface area (Å²) in [6, 6.07) is 10.8. The maximum atomic E-state index is 8.72. The van der Waals surface area contributed by atoms with Crippen molar-refractivity contribution in [2.24, 2.45) is 0 Å². The van der Waals surface area contributed by atoms with Crippen LogP contribution in [0.1, 0.15) is 5.56 Å². The van der Waals surface area contributed by atoms with E-state index in [9.17, 15) is 0 Å². The molecule has 74 valence electrons. The van der Waals surface area contributed by atoms with Crippen LogP contribution in [0.4, 0.5) is 0 Å². The zero-order chi connectivity index (χ0) is 11.3. The molecule has 0 aliphatic rings. The van der Waals surface area contributed by atoms with E-state index < -0.39 is 0 Å². The zero-order valence-electron chi connectivity index (χ0n) is 7.99. The molecular formula is C11H7BrN2O. The minimum absolute atomic E-state index is 0.0279. The second kappa shape index (κ2) is 5.19. The summed E-state index contributed by atoms with van der Waals surface area (Å²) in [6.45, 7) is 0. The number of rotatable bonds is 2. The van der Waals surface area contributed by atoms with Gasteiger partial charge in [0.15, 0.2) is 11.3 Å². The monoisotopic (exact) mass is 262 g/mol. The van der Waals surface area contributed by atoms with Crippen molar-refractivity contribution in [3.63, 3.8) is 0 Å². The van der Waals surface area contributed by atoms with Gasteiger partial charge in [0.1, 0.15) is 12.1 Å². The van der Waals surface area contributed by atoms with Crippen molar-refractivity contribution in [3.05, 3.63) is 39.9 Å². The van der Waals surface area contributed by atoms with E-state index in [0.717, 1.165) is 4.47 Å². The van der Waals surface area contributed by atoms with E-state index >= 15 is 0 Å². The van der Waals surface area contributed by atoms with Crippen molar-refractivity contribution in [3.8, 4) is 12.1 Å². The molecule has 15 heavy (non-hydrogen) atoms. The minimum atomic E-state index is -0.0279. The van der Waals surface area contributed by atoms with Gasteiger partial charge in [-0.05, 0) is 12.1 Å². The predicted octanol–water partition coefficient (Wildman–Crippen LogP) is 2.85. The Morgan fingerprint density at radius 3 is 2.13 bits per heavy atom. The summed E-state index contributed by atoms with van der Waals surface area (Å²) in [7, 11) is 1.44. The molecule has 0 heterocycles. The van der Waals surface area contributed by atoms with E-state index in [4.69, 9.17) is 15.3 Å². The molecule has 1 rings (SSSR count). The van der Waals surface area contributed by atoms with E-state index in [-0.39, 0.29) is 5.57 Å². The SMILES string of the molecule is COC(=C(C#N)C#N)c1ccc(Br)cc1. The molecule has 0 bridgehead atoms. The van der Waals surface area contributed by atoms with Crippen LogP contribution in [0.2, 0.25) is 0 Å². The van der Waals surface area contributed by atoms with Gasteiger partial charge in [0.2, 0.25) is 0 Å². The molecule has 0 saturated heterocycles. The van der Waals surface area contributed by atoms with Crippen LogP contribution in [0, 0.1) is 22.7 Å². The fraction of sp³-hybridized carbons (Fsp3) is 0.0909. The molecule has 0 fully saturated rings. The van der Waals surface area contributed by atoms with Crippen molar-refractivity contribution in [1.82, 2.24) is 0 Å². The average molecular weight is 263 g/mol. The quantitative estimate of drug-likeness (QED) is 0.609. The number of hydrogen-bond donors (Lipinski definition) is 0. The summed E-state index contributed by atoms with van der Waals surface area (Å²) in [4.78, 5) is 0. The second-order valence-corrected chi connectivity index (χ2v) is 3.55. The lowest BCUT2D eigenvalue weighted by Gasteiger charge is -2.05. The normalized spacial score (nSPS) is 8.53. The molecule has 0 unspecified atom stereocenters. The molecule has 0 amide bonds. The Balaban J connectivity index is 3.27. The first-order valence-corrected chi connectivity index (χ1v) is 4.86. The third kappa shape index (κ3) is 2.59. The summed E-state index contributed by atoms with van der Waals surface area (Å²) < 4.78 is 5.97. The van der Waals surface area contributed by atoms with Gasteiger partial charge >= 0.3 is 0 Å². The Morgan fingerprint density at radius 1 is 1.20 bits per heavy atom. The first-order valence-electron chi connectivity index (χ1n) is 4.07. The van der Waals surface area contributed by atoms with E-state index in [1.807, 2.05) is 12.1 Å². The highest BCUT2D eigenvalue weighted by atomic mass is 79.9. The first-order chi connectivity index (χ1) is 7.22. The molecule has 0 aliphatic heterocycles. The van der Waals surface area contributed by atoms with Crippen molar-refractivity contribution in [1.29, 1.82) is 10.5 Å². The molecule has 3 nitrogen and oxygen atoms in total. The number of allylic oxidation sites excluding steroid dienone is 1. The molecule has 4 heteroatoms. The van der Waals surface area contributed by atoms with Crippen LogP contribution in [-0.2, 0) is 4.74 Å². The van der Waals surface area contributed by atoms with Gasteiger partial charge in [-0.15, -0.1) is 0 Å². The molecule has 0 spiro atoms. The van der Waals surface area contributed by atoms with Crippen LogP contribution >= 0.6 is 15.9 Å². The van der Waals surface area contributed by atoms with Gasteiger partial charge in [0.25, 0.3) is 0 Å². The summed E-state index contributed by atoms with van der Waals surface area (Å²) in [6.07, 6.45) is 0. The first kappa shape index (κ1) is 11.3. The standard InChI is InChI=1S/C11H7BrN2O/c1-15-11(9(6-13)7-14)8-2-4-10(12)5-3-8/h2-5H,1H3. The summed E-state index contributed by atoms with van der Waals surface area (Å²) in [5, 5.41) is 17.4. The smallest absolute Gasteiger partial charge is 0.172 e. The van der Waals surface area contributed by atoms with Gasteiger partial charge in [-0.2, -0.15) is 10.5 Å². The van der Waals surface area contributed by atoms with Gasteiger partial charge in [-0.25, -0.2) is 0 Å². The Hall–Kier alpha value is -1.78.